The number of nitro groups is 1. The summed E-state index contributed by atoms with van der Waals surface area (Å²) < 4.78 is 11.7. The number of nitrogens with zero attached hydrogens (tertiary/aromatic N) is 2. The summed E-state index contributed by atoms with van der Waals surface area (Å²) in [6, 6.07) is 12.3. The second-order valence-electron chi connectivity index (χ2n) is 7.25. The van der Waals surface area contributed by atoms with Gasteiger partial charge >= 0.3 is 0 Å². The van der Waals surface area contributed by atoms with Crippen molar-refractivity contribution in [3.8, 4) is 11.5 Å². The third-order valence-electron chi connectivity index (χ3n) is 5.04. The molecule has 1 amide bonds. The highest BCUT2D eigenvalue weighted by Gasteiger charge is 2.28. The monoisotopic (exact) mass is 397 g/mol. The first kappa shape index (κ1) is 19.0. The molecule has 2 aromatic rings. The molecule has 1 aliphatic heterocycles. The number of hydrogen-bond donors (Lipinski definition) is 1. The van der Waals surface area contributed by atoms with E-state index in [1.165, 1.54) is 6.07 Å². The van der Waals surface area contributed by atoms with Gasteiger partial charge in [-0.2, -0.15) is 0 Å². The topological polar surface area (TPSA) is 93.9 Å². The Kier molecular flexibility index (Phi) is 5.24. The molecule has 4 rings (SSSR count). The third kappa shape index (κ3) is 4.26. The lowest BCUT2D eigenvalue weighted by molar-refractivity contribution is -0.384. The summed E-state index contributed by atoms with van der Waals surface area (Å²) >= 11 is 0. The van der Waals surface area contributed by atoms with Crippen molar-refractivity contribution >= 4 is 17.3 Å². The van der Waals surface area contributed by atoms with Crippen LogP contribution in [0, 0.1) is 10.1 Å². The molecule has 2 aliphatic rings. The highest BCUT2D eigenvalue weighted by atomic mass is 16.6. The summed E-state index contributed by atoms with van der Waals surface area (Å²) in [5, 5.41) is 14.6. The lowest BCUT2D eigenvalue weighted by Crippen LogP contribution is -2.43. The lowest BCUT2D eigenvalue weighted by Gasteiger charge is -2.31. The van der Waals surface area contributed by atoms with Crippen molar-refractivity contribution in [2.24, 2.45) is 0 Å². The number of anilines is 1. The molecule has 1 aliphatic carbocycles. The van der Waals surface area contributed by atoms with Crippen LogP contribution < -0.4 is 14.8 Å². The maximum Gasteiger partial charge on any atom is 0.293 e. The van der Waals surface area contributed by atoms with Gasteiger partial charge < -0.3 is 19.7 Å². The van der Waals surface area contributed by atoms with Crippen LogP contribution in [0.1, 0.15) is 30.1 Å². The van der Waals surface area contributed by atoms with Gasteiger partial charge in [-0.1, -0.05) is 12.1 Å². The number of hydrogen-bond acceptors (Lipinski definition) is 6. The molecule has 1 unspecified atom stereocenters. The molecular weight excluding hydrogens is 374 g/mol. The highest BCUT2D eigenvalue weighted by molar-refractivity contribution is 5.95. The highest BCUT2D eigenvalue weighted by Crippen LogP contribution is 2.33. The molecule has 1 N–H and O–H groups in total. The minimum absolute atomic E-state index is 0.0787. The first-order valence-electron chi connectivity index (χ1n) is 9.78. The molecule has 2 aromatic carbocycles. The van der Waals surface area contributed by atoms with Gasteiger partial charge in [0.15, 0.2) is 17.6 Å². The van der Waals surface area contributed by atoms with Gasteiger partial charge in [0.1, 0.15) is 12.3 Å². The summed E-state index contributed by atoms with van der Waals surface area (Å²) in [7, 11) is 0. The molecule has 0 saturated heterocycles. The molecule has 1 fully saturated rings. The number of rotatable bonds is 7. The average Bonchev–Trinajstić information content (AvgIpc) is 3.55. The molecule has 1 saturated carbocycles. The second-order valence-corrected chi connectivity index (χ2v) is 7.25. The Bertz CT molecular complexity index is 928. The van der Waals surface area contributed by atoms with E-state index in [1.807, 2.05) is 31.2 Å². The smallest absolute Gasteiger partial charge is 0.293 e. The fourth-order valence-corrected chi connectivity index (χ4v) is 3.32. The summed E-state index contributed by atoms with van der Waals surface area (Å²) in [6.07, 6.45) is 1.71. The lowest BCUT2D eigenvalue weighted by atomic mass is 10.1. The fraction of sp³-hybridized carbons (Fsp3) is 0.381. The number of para-hydroxylation sites is 2. The molecule has 1 atom stereocenters. The SMILES string of the molecule is CCN(CC1COc2ccccc2O1)C(=O)c1ccc(NC2CC2)c([N+](=O)[O-])c1. The molecule has 8 nitrogen and oxygen atoms in total. The number of fused-ring (bicyclic) bond motifs is 1. The maximum absolute atomic E-state index is 13.0. The normalized spacial score (nSPS) is 17.5. The predicted octanol–water partition coefficient (Wildman–Crippen LogP) is 3.47. The first-order valence-corrected chi connectivity index (χ1v) is 9.78. The Labute approximate surface area is 168 Å². The summed E-state index contributed by atoms with van der Waals surface area (Å²) in [5.74, 6) is 1.07. The van der Waals surface area contributed by atoms with E-state index in [0.29, 0.717) is 36.9 Å². The molecule has 1 heterocycles. The first-order chi connectivity index (χ1) is 14.0. The van der Waals surface area contributed by atoms with E-state index in [0.717, 1.165) is 12.8 Å². The summed E-state index contributed by atoms with van der Waals surface area (Å²) in [6.45, 7) is 2.99. The van der Waals surface area contributed by atoms with Crippen molar-refractivity contribution in [3.63, 3.8) is 0 Å². The van der Waals surface area contributed by atoms with Gasteiger partial charge in [0.2, 0.25) is 0 Å². The summed E-state index contributed by atoms with van der Waals surface area (Å²) in [4.78, 5) is 25.6. The zero-order chi connectivity index (χ0) is 20.4. The van der Waals surface area contributed by atoms with Gasteiger partial charge in [0.05, 0.1) is 11.5 Å². The van der Waals surface area contributed by atoms with Crippen LogP contribution in [0.5, 0.6) is 11.5 Å². The van der Waals surface area contributed by atoms with Crippen LogP contribution in [-0.2, 0) is 0 Å². The molecule has 29 heavy (non-hydrogen) atoms. The number of likely N-dealkylation sites (N-methyl/N-ethyl adjacent to an activating group) is 1. The number of nitro benzene ring substituents is 1. The van der Waals surface area contributed by atoms with E-state index in [9.17, 15) is 14.9 Å². The van der Waals surface area contributed by atoms with E-state index < -0.39 is 4.92 Å². The van der Waals surface area contributed by atoms with Crippen molar-refractivity contribution < 1.29 is 19.2 Å². The predicted molar refractivity (Wildman–Crippen MR) is 108 cm³/mol. The van der Waals surface area contributed by atoms with E-state index in [1.54, 1.807) is 17.0 Å². The Hall–Kier alpha value is -3.29. The number of carbonyl (C=O) groups is 1. The molecule has 152 valence electrons. The van der Waals surface area contributed by atoms with Crippen LogP contribution in [0.15, 0.2) is 42.5 Å². The minimum atomic E-state index is -0.452. The van der Waals surface area contributed by atoms with E-state index in [4.69, 9.17) is 9.47 Å². The number of nitrogens with one attached hydrogen (secondary N) is 1. The van der Waals surface area contributed by atoms with Crippen LogP contribution in [0.4, 0.5) is 11.4 Å². The van der Waals surface area contributed by atoms with Crippen LogP contribution in [0.25, 0.3) is 0 Å². The number of benzene rings is 2. The van der Waals surface area contributed by atoms with E-state index in [2.05, 4.69) is 5.32 Å². The van der Waals surface area contributed by atoms with Gasteiger partial charge in [-0.05, 0) is 44.0 Å². The molecule has 8 heteroatoms. The molecule has 0 bridgehead atoms. The number of ether oxygens (including phenoxy) is 2. The fourth-order valence-electron chi connectivity index (χ4n) is 3.32. The van der Waals surface area contributed by atoms with Gasteiger partial charge in [0, 0.05) is 24.2 Å². The molecule has 0 aromatic heterocycles. The van der Waals surface area contributed by atoms with Crippen molar-refractivity contribution in [2.45, 2.75) is 31.9 Å². The standard InChI is InChI=1S/C21H23N3O5/c1-2-23(12-16-13-28-19-5-3-4-6-20(19)29-16)21(25)14-7-10-17(22-15-8-9-15)18(11-14)24(26)27/h3-7,10-11,15-16,22H,2,8-9,12-13H2,1H3. The molecule has 0 spiro atoms. The third-order valence-corrected chi connectivity index (χ3v) is 5.04. The van der Waals surface area contributed by atoms with Crippen LogP contribution in [0.3, 0.4) is 0 Å². The zero-order valence-corrected chi connectivity index (χ0v) is 16.2. The quantitative estimate of drug-likeness (QED) is 0.568. The van der Waals surface area contributed by atoms with E-state index >= 15 is 0 Å². The largest absolute Gasteiger partial charge is 0.486 e. The van der Waals surface area contributed by atoms with Crippen molar-refractivity contribution in [3.05, 3.63) is 58.1 Å². The molecule has 0 radical (unpaired) electrons. The Morgan fingerprint density at radius 3 is 2.69 bits per heavy atom. The number of amides is 1. The minimum Gasteiger partial charge on any atom is -0.486 e. The van der Waals surface area contributed by atoms with Gasteiger partial charge in [-0.15, -0.1) is 0 Å². The molecular formula is C21H23N3O5. The zero-order valence-electron chi connectivity index (χ0n) is 16.2. The van der Waals surface area contributed by atoms with Gasteiger partial charge in [-0.3, -0.25) is 14.9 Å². The van der Waals surface area contributed by atoms with Crippen LogP contribution in [0.2, 0.25) is 0 Å². The van der Waals surface area contributed by atoms with Crippen LogP contribution in [-0.4, -0.2) is 47.6 Å². The average molecular weight is 397 g/mol. The van der Waals surface area contributed by atoms with Crippen molar-refractivity contribution in [2.75, 3.05) is 25.0 Å². The number of carbonyl (C=O) groups excluding carboxylic acids is 1. The summed E-state index contributed by atoms with van der Waals surface area (Å²) in [5.41, 5.74) is 0.666. The van der Waals surface area contributed by atoms with Crippen molar-refractivity contribution in [1.82, 2.24) is 4.90 Å². The maximum atomic E-state index is 13.0. The van der Waals surface area contributed by atoms with Gasteiger partial charge in [-0.25, -0.2) is 0 Å². The van der Waals surface area contributed by atoms with E-state index in [-0.39, 0.29) is 29.3 Å². The van der Waals surface area contributed by atoms with Crippen LogP contribution >= 0.6 is 0 Å². The van der Waals surface area contributed by atoms with Crippen molar-refractivity contribution in [1.29, 1.82) is 0 Å². The Balaban J connectivity index is 1.48. The van der Waals surface area contributed by atoms with Gasteiger partial charge in [0.25, 0.3) is 11.6 Å². The Morgan fingerprint density at radius 1 is 1.24 bits per heavy atom. The Morgan fingerprint density at radius 2 is 2.00 bits per heavy atom. The second kappa shape index (κ2) is 7.98.